The normalized spacial score (nSPS) is 11.8. The van der Waals surface area contributed by atoms with Crippen LogP contribution in [0.25, 0.3) is 5.82 Å². The molecule has 1 amide bonds. The van der Waals surface area contributed by atoms with E-state index in [0.29, 0.717) is 23.1 Å². The minimum Gasteiger partial charge on any atom is -0.479 e. The van der Waals surface area contributed by atoms with E-state index < -0.39 is 6.10 Å². The highest BCUT2D eigenvalue weighted by Gasteiger charge is 2.16. The van der Waals surface area contributed by atoms with E-state index >= 15 is 0 Å². The molecule has 3 aromatic rings. The second-order valence-electron chi connectivity index (χ2n) is 5.50. The summed E-state index contributed by atoms with van der Waals surface area (Å²) in [5.41, 5.74) is 0.895. The van der Waals surface area contributed by atoms with Gasteiger partial charge >= 0.3 is 0 Å². The molecule has 3 rings (SSSR count). The fourth-order valence-electron chi connectivity index (χ4n) is 2.25. The van der Waals surface area contributed by atoms with Gasteiger partial charge in [0.25, 0.3) is 5.91 Å². The quantitative estimate of drug-likeness (QED) is 0.697. The molecule has 1 atom stereocenters. The lowest BCUT2D eigenvalue weighted by molar-refractivity contribution is -0.127. The van der Waals surface area contributed by atoms with Crippen molar-refractivity contribution in [3.05, 3.63) is 70.6 Å². The van der Waals surface area contributed by atoms with Crippen LogP contribution in [0.15, 0.2) is 55.0 Å². The molecule has 6 nitrogen and oxygen atoms in total. The molecule has 134 valence electrons. The maximum absolute atomic E-state index is 12.3. The minimum absolute atomic E-state index is 0.265. The molecule has 0 saturated heterocycles. The molecule has 1 N–H and O–H groups in total. The largest absolute Gasteiger partial charge is 0.479 e. The second kappa shape index (κ2) is 8.21. The van der Waals surface area contributed by atoms with Crippen molar-refractivity contribution >= 4 is 29.1 Å². The van der Waals surface area contributed by atoms with Crippen LogP contribution in [0.3, 0.4) is 0 Å². The molecule has 0 saturated carbocycles. The third-order valence-electron chi connectivity index (χ3n) is 3.60. The number of aromatic nitrogens is 3. The number of amides is 1. The Hall–Kier alpha value is -2.57. The summed E-state index contributed by atoms with van der Waals surface area (Å²) < 4.78 is 7.25. The Labute approximate surface area is 160 Å². The van der Waals surface area contributed by atoms with Crippen LogP contribution in [0.5, 0.6) is 5.75 Å². The maximum atomic E-state index is 12.3. The number of ether oxygens (including phenoxy) is 1. The number of carbonyl (C=O) groups is 1. The number of rotatable bonds is 6. The SMILES string of the molecule is CC(Oc1cccc(Cl)c1Cl)C(=O)NCc1ccnc(-n2cccn2)c1. The van der Waals surface area contributed by atoms with Gasteiger partial charge in [0.05, 0.1) is 5.02 Å². The Morgan fingerprint density at radius 1 is 1.27 bits per heavy atom. The highest BCUT2D eigenvalue weighted by molar-refractivity contribution is 6.42. The van der Waals surface area contributed by atoms with Crippen molar-refractivity contribution < 1.29 is 9.53 Å². The lowest BCUT2D eigenvalue weighted by atomic mass is 10.2. The van der Waals surface area contributed by atoms with E-state index in [-0.39, 0.29) is 10.9 Å². The van der Waals surface area contributed by atoms with Crippen LogP contribution >= 0.6 is 23.2 Å². The summed E-state index contributed by atoms with van der Waals surface area (Å²) in [7, 11) is 0. The topological polar surface area (TPSA) is 69.0 Å². The molecule has 1 aromatic carbocycles. The van der Waals surface area contributed by atoms with Gasteiger partial charge in [-0.15, -0.1) is 0 Å². The van der Waals surface area contributed by atoms with Crippen molar-refractivity contribution in [3.8, 4) is 11.6 Å². The number of hydrogen-bond donors (Lipinski definition) is 1. The molecule has 0 aliphatic rings. The van der Waals surface area contributed by atoms with Gasteiger partial charge in [-0.05, 0) is 42.8 Å². The van der Waals surface area contributed by atoms with Crippen LogP contribution in [0.4, 0.5) is 0 Å². The lowest BCUT2D eigenvalue weighted by Gasteiger charge is -2.16. The number of carbonyl (C=O) groups excluding carboxylic acids is 1. The third kappa shape index (κ3) is 4.33. The van der Waals surface area contributed by atoms with Crippen molar-refractivity contribution in [1.82, 2.24) is 20.1 Å². The molecule has 26 heavy (non-hydrogen) atoms. The number of halogens is 2. The summed E-state index contributed by atoms with van der Waals surface area (Å²) in [5.74, 6) is 0.780. The Morgan fingerprint density at radius 3 is 2.88 bits per heavy atom. The van der Waals surface area contributed by atoms with E-state index in [0.717, 1.165) is 5.56 Å². The lowest BCUT2D eigenvalue weighted by Crippen LogP contribution is -2.36. The van der Waals surface area contributed by atoms with Crippen molar-refractivity contribution in [2.24, 2.45) is 0 Å². The monoisotopic (exact) mass is 390 g/mol. The average molecular weight is 391 g/mol. The fraction of sp³-hybridized carbons (Fsp3) is 0.167. The molecule has 2 aromatic heterocycles. The Bertz CT molecular complexity index is 900. The number of nitrogens with one attached hydrogen (secondary N) is 1. The molecule has 0 radical (unpaired) electrons. The predicted molar refractivity (Wildman–Crippen MR) is 99.8 cm³/mol. The standard InChI is InChI=1S/C18H16Cl2N4O2/c1-12(26-15-5-2-4-14(19)17(15)20)18(25)22-11-13-6-8-21-16(10-13)24-9-3-7-23-24/h2-10,12H,11H2,1H3,(H,22,25). The van der Waals surface area contributed by atoms with Gasteiger partial charge in [-0.25, -0.2) is 9.67 Å². The van der Waals surface area contributed by atoms with Gasteiger partial charge in [0.15, 0.2) is 11.9 Å². The number of nitrogens with zero attached hydrogens (tertiary/aromatic N) is 3. The van der Waals surface area contributed by atoms with Gasteiger partial charge in [-0.1, -0.05) is 29.3 Å². The molecule has 8 heteroatoms. The first kappa shape index (κ1) is 18.2. The van der Waals surface area contributed by atoms with Crippen molar-refractivity contribution in [2.75, 3.05) is 0 Å². The van der Waals surface area contributed by atoms with Crippen LogP contribution in [0, 0.1) is 0 Å². The number of pyridine rings is 1. The van der Waals surface area contributed by atoms with E-state index in [9.17, 15) is 4.79 Å². The summed E-state index contributed by atoms with van der Waals surface area (Å²) in [6, 6.07) is 10.5. The highest BCUT2D eigenvalue weighted by Crippen LogP contribution is 2.32. The molecule has 0 aliphatic carbocycles. The Balaban J connectivity index is 1.60. The van der Waals surface area contributed by atoms with Gasteiger partial charge in [0.2, 0.25) is 0 Å². The Morgan fingerprint density at radius 2 is 2.12 bits per heavy atom. The van der Waals surface area contributed by atoms with Crippen molar-refractivity contribution in [3.63, 3.8) is 0 Å². The zero-order valence-electron chi connectivity index (χ0n) is 13.9. The first-order valence-electron chi connectivity index (χ1n) is 7.88. The molecule has 0 fully saturated rings. The van der Waals surface area contributed by atoms with E-state index in [1.807, 2.05) is 18.2 Å². The van der Waals surface area contributed by atoms with Crippen molar-refractivity contribution in [1.29, 1.82) is 0 Å². The van der Waals surface area contributed by atoms with Crippen LogP contribution in [-0.2, 0) is 11.3 Å². The van der Waals surface area contributed by atoms with Gasteiger partial charge < -0.3 is 10.1 Å². The molecule has 2 heterocycles. The third-order valence-corrected chi connectivity index (χ3v) is 4.41. The maximum Gasteiger partial charge on any atom is 0.261 e. The summed E-state index contributed by atoms with van der Waals surface area (Å²) >= 11 is 12.0. The number of hydrogen-bond acceptors (Lipinski definition) is 4. The van der Waals surface area contributed by atoms with Gasteiger partial charge in [0.1, 0.15) is 10.8 Å². The van der Waals surface area contributed by atoms with E-state index in [4.69, 9.17) is 27.9 Å². The zero-order chi connectivity index (χ0) is 18.5. The molecular formula is C18H16Cl2N4O2. The smallest absolute Gasteiger partial charge is 0.261 e. The summed E-state index contributed by atoms with van der Waals surface area (Å²) in [6.07, 6.45) is 4.42. The highest BCUT2D eigenvalue weighted by atomic mass is 35.5. The molecule has 0 spiro atoms. The van der Waals surface area contributed by atoms with E-state index in [1.165, 1.54) is 0 Å². The van der Waals surface area contributed by atoms with Crippen LogP contribution in [0.2, 0.25) is 10.0 Å². The van der Waals surface area contributed by atoms with Crippen LogP contribution in [-0.4, -0.2) is 26.8 Å². The molecular weight excluding hydrogens is 375 g/mol. The van der Waals surface area contributed by atoms with E-state index in [1.54, 1.807) is 48.4 Å². The van der Waals surface area contributed by atoms with Gasteiger partial charge in [0, 0.05) is 25.1 Å². The van der Waals surface area contributed by atoms with Crippen LogP contribution in [0.1, 0.15) is 12.5 Å². The Kier molecular flexibility index (Phi) is 5.75. The predicted octanol–water partition coefficient (Wildman–Crippen LogP) is 3.66. The molecule has 1 unspecified atom stereocenters. The van der Waals surface area contributed by atoms with Gasteiger partial charge in [-0.3, -0.25) is 4.79 Å². The summed E-state index contributed by atoms with van der Waals surface area (Å²) in [5, 5.41) is 7.62. The first-order chi connectivity index (χ1) is 12.5. The van der Waals surface area contributed by atoms with E-state index in [2.05, 4.69) is 15.4 Å². The second-order valence-corrected chi connectivity index (χ2v) is 6.29. The summed E-state index contributed by atoms with van der Waals surface area (Å²) in [6.45, 7) is 1.99. The first-order valence-corrected chi connectivity index (χ1v) is 8.63. The van der Waals surface area contributed by atoms with Gasteiger partial charge in [-0.2, -0.15) is 5.10 Å². The van der Waals surface area contributed by atoms with Crippen LogP contribution < -0.4 is 10.1 Å². The van der Waals surface area contributed by atoms with Crippen molar-refractivity contribution in [2.45, 2.75) is 19.6 Å². The molecule has 0 bridgehead atoms. The number of benzene rings is 1. The fourth-order valence-corrected chi connectivity index (χ4v) is 2.59. The molecule has 0 aliphatic heterocycles. The zero-order valence-corrected chi connectivity index (χ0v) is 15.4. The average Bonchev–Trinajstić information content (AvgIpc) is 3.18. The minimum atomic E-state index is -0.724. The summed E-state index contributed by atoms with van der Waals surface area (Å²) in [4.78, 5) is 16.5.